The van der Waals surface area contributed by atoms with Crippen molar-refractivity contribution in [2.75, 3.05) is 14.2 Å². The summed E-state index contributed by atoms with van der Waals surface area (Å²) in [5.41, 5.74) is 0.171. The van der Waals surface area contributed by atoms with Crippen molar-refractivity contribution in [1.82, 2.24) is 10.6 Å². The minimum absolute atomic E-state index is 0.0879. The monoisotopic (exact) mass is 508 g/mol. The lowest BCUT2D eigenvalue weighted by atomic mass is 9.90. The number of esters is 1. The number of rotatable bonds is 12. The molecule has 196 valence electrons. The topological polar surface area (TPSA) is 111 Å². The standard InChI is InChI=1S/C26H40N2O6S/c1-16(2)13-20(22(35-17(3)29)15-23(30)34-26(4,5)6)24(31)28-21(25(32)27-7)14-18-9-11-19(33-8)12-10-18/h9-12,16,20-22H,13-15H2,1-8H3,(H,27,32)(H,28,31)/t20?,21-,22?/m0/s1. The molecule has 3 atom stereocenters. The van der Waals surface area contributed by atoms with Gasteiger partial charge in [-0.2, -0.15) is 0 Å². The van der Waals surface area contributed by atoms with Crippen molar-refractivity contribution in [3.05, 3.63) is 29.8 Å². The van der Waals surface area contributed by atoms with Gasteiger partial charge in [0.1, 0.15) is 17.4 Å². The van der Waals surface area contributed by atoms with Gasteiger partial charge in [0.25, 0.3) is 0 Å². The second-order valence-electron chi connectivity index (χ2n) is 9.90. The molecule has 0 aliphatic carbocycles. The highest BCUT2D eigenvalue weighted by Crippen LogP contribution is 2.30. The number of likely N-dealkylation sites (N-methyl/N-ethyl adjacent to an activating group) is 1. The first kappa shape index (κ1) is 30.5. The highest BCUT2D eigenvalue weighted by Gasteiger charge is 2.35. The highest BCUT2D eigenvalue weighted by atomic mass is 32.2. The van der Waals surface area contributed by atoms with Gasteiger partial charge in [0.2, 0.25) is 11.8 Å². The summed E-state index contributed by atoms with van der Waals surface area (Å²) in [5, 5.41) is 4.66. The lowest BCUT2D eigenvalue weighted by molar-refractivity contribution is -0.155. The van der Waals surface area contributed by atoms with Crippen LogP contribution >= 0.6 is 11.8 Å². The van der Waals surface area contributed by atoms with E-state index in [0.29, 0.717) is 12.2 Å². The maximum atomic E-state index is 13.5. The number of hydrogen-bond donors (Lipinski definition) is 2. The van der Waals surface area contributed by atoms with E-state index in [1.54, 1.807) is 40.0 Å². The first-order chi connectivity index (χ1) is 16.2. The zero-order valence-electron chi connectivity index (χ0n) is 22.1. The second kappa shape index (κ2) is 14.1. The molecule has 0 aliphatic rings. The van der Waals surface area contributed by atoms with Crippen LogP contribution in [0.5, 0.6) is 5.75 Å². The summed E-state index contributed by atoms with van der Waals surface area (Å²) in [5.74, 6) is -1.03. The molecule has 35 heavy (non-hydrogen) atoms. The van der Waals surface area contributed by atoms with Gasteiger partial charge in [0, 0.05) is 25.6 Å². The Hall–Kier alpha value is -2.55. The number of nitrogens with one attached hydrogen (secondary N) is 2. The summed E-state index contributed by atoms with van der Waals surface area (Å²) in [6.45, 7) is 10.7. The van der Waals surface area contributed by atoms with E-state index >= 15 is 0 Å². The third-order valence-corrected chi connectivity index (χ3v) is 6.22. The van der Waals surface area contributed by atoms with Crippen LogP contribution in [-0.4, -0.2) is 53.9 Å². The Balaban J connectivity index is 3.17. The van der Waals surface area contributed by atoms with E-state index in [-0.39, 0.29) is 35.7 Å². The van der Waals surface area contributed by atoms with Crippen LogP contribution in [0.1, 0.15) is 59.9 Å². The molecule has 0 saturated heterocycles. The number of thioether (sulfide) groups is 1. The van der Waals surface area contributed by atoms with Crippen molar-refractivity contribution in [2.24, 2.45) is 11.8 Å². The van der Waals surface area contributed by atoms with Crippen LogP contribution < -0.4 is 15.4 Å². The summed E-state index contributed by atoms with van der Waals surface area (Å²) in [7, 11) is 3.09. The number of amides is 2. The minimum atomic E-state index is -0.819. The Kier molecular flexibility index (Phi) is 12.3. The van der Waals surface area contributed by atoms with Gasteiger partial charge in [-0.05, 0) is 50.8 Å². The van der Waals surface area contributed by atoms with E-state index in [2.05, 4.69) is 10.6 Å². The first-order valence-electron chi connectivity index (χ1n) is 11.8. The van der Waals surface area contributed by atoms with Crippen molar-refractivity contribution in [2.45, 2.75) is 77.7 Å². The maximum absolute atomic E-state index is 13.5. The predicted octanol–water partition coefficient (Wildman–Crippen LogP) is 3.51. The van der Waals surface area contributed by atoms with Gasteiger partial charge in [-0.25, -0.2) is 0 Å². The lowest BCUT2D eigenvalue weighted by Crippen LogP contribution is -2.50. The molecule has 0 aromatic heterocycles. The molecular formula is C26H40N2O6S. The van der Waals surface area contributed by atoms with E-state index < -0.39 is 28.8 Å². The fourth-order valence-electron chi connectivity index (χ4n) is 3.62. The Labute approximate surface area is 213 Å². The third kappa shape index (κ3) is 11.6. The van der Waals surface area contributed by atoms with E-state index in [9.17, 15) is 19.2 Å². The molecule has 0 heterocycles. The fourth-order valence-corrected chi connectivity index (χ4v) is 4.67. The Morgan fingerprint density at radius 2 is 1.63 bits per heavy atom. The van der Waals surface area contributed by atoms with Crippen LogP contribution in [0.3, 0.4) is 0 Å². The van der Waals surface area contributed by atoms with Gasteiger partial charge in [-0.15, -0.1) is 0 Å². The molecule has 1 aromatic carbocycles. The summed E-state index contributed by atoms with van der Waals surface area (Å²) >= 11 is 0.967. The van der Waals surface area contributed by atoms with E-state index in [4.69, 9.17) is 9.47 Å². The molecule has 0 saturated carbocycles. The molecule has 0 radical (unpaired) electrons. The van der Waals surface area contributed by atoms with Gasteiger partial charge in [-0.1, -0.05) is 37.7 Å². The number of ether oxygens (including phenoxy) is 2. The summed E-state index contributed by atoms with van der Waals surface area (Å²) in [4.78, 5) is 50.7. The minimum Gasteiger partial charge on any atom is -0.497 e. The molecule has 0 spiro atoms. The Morgan fingerprint density at radius 1 is 1.03 bits per heavy atom. The van der Waals surface area contributed by atoms with E-state index in [1.165, 1.54) is 14.0 Å². The smallest absolute Gasteiger partial charge is 0.307 e. The number of methoxy groups -OCH3 is 1. The maximum Gasteiger partial charge on any atom is 0.307 e. The molecule has 2 unspecified atom stereocenters. The zero-order chi connectivity index (χ0) is 26.8. The number of hydrogen-bond acceptors (Lipinski definition) is 7. The Bertz CT molecular complexity index is 864. The van der Waals surface area contributed by atoms with Crippen molar-refractivity contribution < 1.29 is 28.7 Å². The van der Waals surface area contributed by atoms with Crippen molar-refractivity contribution in [3.8, 4) is 5.75 Å². The van der Waals surface area contributed by atoms with Crippen LogP contribution in [0.15, 0.2) is 24.3 Å². The Morgan fingerprint density at radius 3 is 2.09 bits per heavy atom. The third-order valence-electron chi connectivity index (χ3n) is 5.09. The molecule has 2 N–H and O–H groups in total. The van der Waals surface area contributed by atoms with Crippen LogP contribution in [0.2, 0.25) is 0 Å². The average molecular weight is 509 g/mol. The predicted molar refractivity (Wildman–Crippen MR) is 138 cm³/mol. The number of carbonyl (C=O) groups excluding carboxylic acids is 4. The SMILES string of the molecule is CNC(=O)[C@H](Cc1ccc(OC)cc1)NC(=O)C(CC(C)C)C(CC(=O)OC(C)(C)C)SC(C)=O. The van der Waals surface area contributed by atoms with Gasteiger partial charge < -0.3 is 20.1 Å². The quantitative estimate of drug-likeness (QED) is 0.416. The molecule has 0 bridgehead atoms. The van der Waals surface area contributed by atoms with Gasteiger partial charge in [0.15, 0.2) is 5.12 Å². The summed E-state index contributed by atoms with van der Waals surface area (Å²) in [6.07, 6.45) is 0.637. The molecule has 9 heteroatoms. The fraction of sp³-hybridized carbons (Fsp3) is 0.615. The molecule has 1 aromatic rings. The highest BCUT2D eigenvalue weighted by molar-refractivity contribution is 8.14. The van der Waals surface area contributed by atoms with Crippen LogP contribution in [0, 0.1) is 11.8 Å². The number of benzene rings is 1. The van der Waals surface area contributed by atoms with E-state index in [0.717, 1.165) is 17.3 Å². The van der Waals surface area contributed by atoms with Gasteiger partial charge in [-0.3, -0.25) is 19.2 Å². The summed E-state index contributed by atoms with van der Waals surface area (Å²) in [6, 6.07) is 6.44. The van der Waals surface area contributed by atoms with E-state index in [1.807, 2.05) is 26.0 Å². The lowest BCUT2D eigenvalue weighted by Gasteiger charge is -2.29. The van der Waals surface area contributed by atoms with Crippen LogP contribution in [-0.2, 0) is 30.3 Å². The molecule has 0 fully saturated rings. The molecule has 0 aliphatic heterocycles. The normalized spacial score (nSPS) is 14.0. The molecule has 2 amide bonds. The molecule has 8 nitrogen and oxygen atoms in total. The molecule has 1 rings (SSSR count). The van der Waals surface area contributed by atoms with Crippen LogP contribution in [0.4, 0.5) is 0 Å². The van der Waals surface area contributed by atoms with Gasteiger partial charge in [0.05, 0.1) is 19.4 Å². The van der Waals surface area contributed by atoms with Gasteiger partial charge >= 0.3 is 5.97 Å². The zero-order valence-corrected chi connectivity index (χ0v) is 22.9. The van der Waals surface area contributed by atoms with Crippen molar-refractivity contribution in [1.29, 1.82) is 0 Å². The van der Waals surface area contributed by atoms with Crippen LogP contribution in [0.25, 0.3) is 0 Å². The largest absolute Gasteiger partial charge is 0.497 e. The average Bonchev–Trinajstić information content (AvgIpc) is 2.74. The number of carbonyl (C=O) groups is 4. The first-order valence-corrected chi connectivity index (χ1v) is 12.7. The summed E-state index contributed by atoms with van der Waals surface area (Å²) < 4.78 is 10.6. The van der Waals surface area contributed by atoms with Crippen molar-refractivity contribution in [3.63, 3.8) is 0 Å². The second-order valence-corrected chi connectivity index (χ2v) is 11.3. The molecular weight excluding hydrogens is 468 g/mol. The van der Waals surface area contributed by atoms with Crippen molar-refractivity contribution >= 4 is 34.7 Å².